The van der Waals surface area contributed by atoms with Gasteiger partial charge < -0.3 is 15.4 Å². The van der Waals surface area contributed by atoms with E-state index in [1.54, 1.807) is 6.07 Å². The lowest BCUT2D eigenvalue weighted by Crippen LogP contribution is -2.38. The molecule has 0 aromatic heterocycles. The lowest BCUT2D eigenvalue weighted by atomic mass is 9.99. The lowest BCUT2D eigenvalue weighted by Gasteiger charge is -2.22. The minimum Gasteiger partial charge on any atom is -0.497 e. The summed E-state index contributed by atoms with van der Waals surface area (Å²) in [5, 5.41) is 6.07. The Labute approximate surface area is 124 Å². The summed E-state index contributed by atoms with van der Waals surface area (Å²) in [5.41, 5.74) is 0.0598. The fourth-order valence-corrected chi connectivity index (χ4v) is 2.24. The Bertz CT molecular complexity index is 451. The highest BCUT2D eigenvalue weighted by atomic mass is 35.5. The minimum absolute atomic E-state index is 0. The molecule has 1 aliphatic rings. The van der Waals surface area contributed by atoms with Crippen molar-refractivity contribution in [3.8, 4) is 5.75 Å². The van der Waals surface area contributed by atoms with Crippen molar-refractivity contribution in [2.24, 2.45) is 5.92 Å². The van der Waals surface area contributed by atoms with Crippen LogP contribution >= 0.6 is 12.4 Å². The SMILES string of the molecule is COc1ccc(C(=O)NCC2CCCNC2)c(F)c1.Cl. The maximum atomic E-state index is 13.7. The molecule has 6 heteroatoms. The van der Waals surface area contributed by atoms with Crippen LogP contribution in [0.1, 0.15) is 23.2 Å². The van der Waals surface area contributed by atoms with E-state index in [1.165, 1.54) is 19.2 Å². The van der Waals surface area contributed by atoms with Gasteiger partial charge in [-0.05, 0) is 44.0 Å². The molecule has 1 aliphatic heterocycles. The molecule has 112 valence electrons. The monoisotopic (exact) mass is 302 g/mol. The third-order valence-electron chi connectivity index (χ3n) is 3.37. The fourth-order valence-electron chi connectivity index (χ4n) is 2.24. The number of piperidine rings is 1. The predicted octanol–water partition coefficient (Wildman–Crippen LogP) is 1.99. The van der Waals surface area contributed by atoms with Crippen molar-refractivity contribution in [2.75, 3.05) is 26.7 Å². The number of hydrogen-bond donors (Lipinski definition) is 2. The first kappa shape index (κ1) is 16.7. The van der Waals surface area contributed by atoms with E-state index in [2.05, 4.69) is 10.6 Å². The van der Waals surface area contributed by atoms with E-state index in [4.69, 9.17) is 4.74 Å². The number of nitrogens with one attached hydrogen (secondary N) is 2. The molecule has 2 rings (SSSR count). The van der Waals surface area contributed by atoms with E-state index in [-0.39, 0.29) is 23.9 Å². The highest BCUT2D eigenvalue weighted by molar-refractivity contribution is 5.94. The summed E-state index contributed by atoms with van der Waals surface area (Å²) in [6, 6.07) is 4.25. The van der Waals surface area contributed by atoms with Crippen LogP contribution in [-0.4, -0.2) is 32.7 Å². The lowest BCUT2D eigenvalue weighted by molar-refractivity contribution is 0.0940. The van der Waals surface area contributed by atoms with Crippen LogP contribution in [0.3, 0.4) is 0 Å². The summed E-state index contributed by atoms with van der Waals surface area (Å²) in [7, 11) is 1.46. The number of amides is 1. The summed E-state index contributed by atoms with van der Waals surface area (Å²) < 4.78 is 18.6. The quantitative estimate of drug-likeness (QED) is 0.894. The van der Waals surface area contributed by atoms with Crippen molar-refractivity contribution in [3.05, 3.63) is 29.6 Å². The van der Waals surface area contributed by atoms with Crippen LogP contribution in [0.25, 0.3) is 0 Å². The summed E-state index contributed by atoms with van der Waals surface area (Å²) in [4.78, 5) is 11.9. The summed E-state index contributed by atoms with van der Waals surface area (Å²) in [6.45, 7) is 2.53. The van der Waals surface area contributed by atoms with E-state index in [1.807, 2.05) is 0 Å². The molecule has 4 nitrogen and oxygen atoms in total. The van der Waals surface area contributed by atoms with E-state index >= 15 is 0 Å². The van der Waals surface area contributed by atoms with Gasteiger partial charge in [0, 0.05) is 12.6 Å². The van der Waals surface area contributed by atoms with Gasteiger partial charge in [0.25, 0.3) is 5.91 Å². The second kappa shape index (κ2) is 8.07. The molecular formula is C14H20ClFN2O2. The molecule has 1 fully saturated rings. The zero-order chi connectivity index (χ0) is 13.7. The number of carbonyl (C=O) groups is 1. The first-order valence-electron chi connectivity index (χ1n) is 6.53. The topological polar surface area (TPSA) is 50.4 Å². The zero-order valence-corrected chi connectivity index (χ0v) is 12.3. The molecule has 1 aromatic carbocycles. The van der Waals surface area contributed by atoms with Gasteiger partial charge >= 0.3 is 0 Å². The first-order chi connectivity index (χ1) is 9.20. The van der Waals surface area contributed by atoms with Crippen LogP contribution in [0.15, 0.2) is 18.2 Å². The van der Waals surface area contributed by atoms with Crippen molar-refractivity contribution in [3.63, 3.8) is 0 Å². The van der Waals surface area contributed by atoms with Crippen LogP contribution in [0.4, 0.5) is 4.39 Å². The molecule has 20 heavy (non-hydrogen) atoms. The van der Waals surface area contributed by atoms with Gasteiger partial charge in [0.2, 0.25) is 0 Å². The zero-order valence-electron chi connectivity index (χ0n) is 11.4. The molecular weight excluding hydrogens is 283 g/mol. The summed E-state index contributed by atoms with van der Waals surface area (Å²) in [5.74, 6) is -0.0890. The number of rotatable bonds is 4. The third kappa shape index (κ3) is 4.35. The Morgan fingerprint density at radius 1 is 1.55 bits per heavy atom. The molecule has 1 atom stereocenters. The summed E-state index contributed by atoms with van der Waals surface area (Å²) >= 11 is 0. The van der Waals surface area contributed by atoms with Gasteiger partial charge in [-0.3, -0.25) is 4.79 Å². The maximum absolute atomic E-state index is 13.7. The Hall–Kier alpha value is -1.33. The molecule has 1 unspecified atom stereocenters. The van der Waals surface area contributed by atoms with Gasteiger partial charge in [-0.25, -0.2) is 4.39 Å². The van der Waals surface area contributed by atoms with E-state index in [0.29, 0.717) is 18.2 Å². The van der Waals surface area contributed by atoms with Gasteiger partial charge in [0.1, 0.15) is 11.6 Å². The Kier molecular flexibility index (Phi) is 6.75. The highest BCUT2D eigenvalue weighted by Crippen LogP contribution is 2.16. The van der Waals surface area contributed by atoms with Gasteiger partial charge in [0.05, 0.1) is 12.7 Å². The van der Waals surface area contributed by atoms with E-state index in [9.17, 15) is 9.18 Å². The Morgan fingerprint density at radius 3 is 2.95 bits per heavy atom. The first-order valence-corrected chi connectivity index (χ1v) is 6.53. The van der Waals surface area contributed by atoms with Crippen LogP contribution in [0, 0.1) is 11.7 Å². The predicted molar refractivity (Wildman–Crippen MR) is 78.1 cm³/mol. The van der Waals surface area contributed by atoms with Gasteiger partial charge in [0.15, 0.2) is 0 Å². The molecule has 0 radical (unpaired) electrons. The molecule has 1 amide bonds. The van der Waals surface area contributed by atoms with Crippen LogP contribution in [0.2, 0.25) is 0 Å². The van der Waals surface area contributed by atoms with Crippen molar-refractivity contribution in [2.45, 2.75) is 12.8 Å². The van der Waals surface area contributed by atoms with Gasteiger partial charge in [-0.15, -0.1) is 12.4 Å². The number of ether oxygens (including phenoxy) is 1. The van der Waals surface area contributed by atoms with Crippen LogP contribution in [0.5, 0.6) is 5.75 Å². The average molecular weight is 303 g/mol. The number of halogens is 2. The minimum atomic E-state index is -0.557. The maximum Gasteiger partial charge on any atom is 0.254 e. The Morgan fingerprint density at radius 2 is 2.35 bits per heavy atom. The van der Waals surface area contributed by atoms with Crippen molar-refractivity contribution >= 4 is 18.3 Å². The Balaban J connectivity index is 0.00000200. The van der Waals surface area contributed by atoms with Crippen LogP contribution in [-0.2, 0) is 0 Å². The van der Waals surface area contributed by atoms with Crippen molar-refractivity contribution < 1.29 is 13.9 Å². The number of hydrogen-bond acceptors (Lipinski definition) is 3. The molecule has 0 bridgehead atoms. The van der Waals surface area contributed by atoms with Gasteiger partial charge in [-0.2, -0.15) is 0 Å². The van der Waals surface area contributed by atoms with Gasteiger partial charge in [-0.1, -0.05) is 0 Å². The highest BCUT2D eigenvalue weighted by Gasteiger charge is 2.16. The number of benzene rings is 1. The largest absolute Gasteiger partial charge is 0.497 e. The molecule has 1 aromatic rings. The normalized spacial score (nSPS) is 18.0. The molecule has 1 saturated heterocycles. The fraction of sp³-hybridized carbons (Fsp3) is 0.500. The standard InChI is InChI=1S/C14H19FN2O2.ClH/c1-19-11-4-5-12(13(15)7-11)14(18)17-9-10-3-2-6-16-8-10;/h4-5,7,10,16H,2-3,6,8-9H2,1H3,(H,17,18);1H. The number of methoxy groups -OCH3 is 1. The average Bonchev–Trinajstić information content (AvgIpc) is 2.45. The number of carbonyl (C=O) groups excluding carboxylic acids is 1. The molecule has 0 aliphatic carbocycles. The summed E-state index contributed by atoms with van der Waals surface area (Å²) in [6.07, 6.45) is 2.22. The third-order valence-corrected chi connectivity index (χ3v) is 3.37. The molecule has 0 saturated carbocycles. The molecule has 1 heterocycles. The van der Waals surface area contributed by atoms with Crippen molar-refractivity contribution in [1.82, 2.24) is 10.6 Å². The molecule has 0 spiro atoms. The van der Waals surface area contributed by atoms with E-state index in [0.717, 1.165) is 25.9 Å². The van der Waals surface area contributed by atoms with Crippen molar-refractivity contribution in [1.29, 1.82) is 0 Å². The second-order valence-electron chi connectivity index (χ2n) is 4.77. The van der Waals surface area contributed by atoms with E-state index < -0.39 is 5.82 Å². The van der Waals surface area contributed by atoms with Crippen LogP contribution < -0.4 is 15.4 Å². The smallest absolute Gasteiger partial charge is 0.254 e. The second-order valence-corrected chi connectivity index (χ2v) is 4.77. The molecule has 2 N–H and O–H groups in total.